The Morgan fingerprint density at radius 3 is 2.29 bits per heavy atom. The molecule has 0 aromatic rings. The largest absolute Gasteiger partial charge is 0.299 e. The van der Waals surface area contributed by atoms with Crippen molar-refractivity contribution in [3.8, 4) is 6.07 Å². The summed E-state index contributed by atoms with van der Waals surface area (Å²) < 4.78 is 0. The predicted molar refractivity (Wildman–Crippen MR) is 26.7 cm³/mol. The van der Waals surface area contributed by atoms with E-state index < -0.39 is 0 Å². The fourth-order valence-corrected chi connectivity index (χ4v) is 0.111. The van der Waals surface area contributed by atoms with Crippen LogP contribution in [0.2, 0.25) is 0 Å². The normalized spacial score (nSPS) is 5.71. The van der Waals surface area contributed by atoms with E-state index in [1.165, 1.54) is 6.92 Å². The van der Waals surface area contributed by atoms with E-state index in [9.17, 15) is 4.79 Å². The molecule has 3 radical (unpaired) electrons. The van der Waals surface area contributed by atoms with E-state index in [-0.39, 0.29) is 38.0 Å². The summed E-state index contributed by atoms with van der Waals surface area (Å²) in [7, 11) is 0. The third kappa shape index (κ3) is 10.7. The minimum atomic E-state index is -0.0718. The van der Waals surface area contributed by atoms with Gasteiger partial charge in [0.1, 0.15) is 5.78 Å². The van der Waals surface area contributed by atoms with Crippen molar-refractivity contribution in [3.63, 3.8) is 0 Å². The molecule has 0 saturated heterocycles. The van der Waals surface area contributed by atoms with Crippen LogP contribution in [0.5, 0.6) is 0 Å². The molecule has 0 atom stereocenters. The molecule has 0 aromatic heterocycles. The Morgan fingerprint density at radius 1 is 1.86 bits per heavy atom. The fraction of sp³-hybridized carbons (Fsp3) is 0.500. The van der Waals surface area contributed by atoms with Gasteiger partial charge in [-0.15, -0.1) is 0 Å². The van der Waals surface area contributed by atoms with Gasteiger partial charge in [0.15, 0.2) is 0 Å². The van der Waals surface area contributed by atoms with Crippen LogP contribution in [-0.2, 0) is 4.79 Å². The monoisotopic (exact) mass is 198 g/mol. The van der Waals surface area contributed by atoms with Gasteiger partial charge in [-0.1, -0.05) is 0 Å². The summed E-state index contributed by atoms with van der Waals surface area (Å²) in [6, 6.07) is 1.72. The zero-order valence-electron chi connectivity index (χ0n) is 4.14. The van der Waals surface area contributed by atoms with Crippen LogP contribution in [-0.4, -0.2) is 31.6 Å². The predicted octanol–water partition coefficient (Wildman–Crippen LogP) is 0.108. The van der Waals surface area contributed by atoms with Crippen LogP contribution in [0.3, 0.4) is 0 Å². The first kappa shape index (κ1) is 10.1. The average molecular weight is 198 g/mol. The van der Waals surface area contributed by atoms with Crippen LogP contribution >= 0.6 is 0 Å². The molecule has 3 heteroatoms. The first-order valence-corrected chi connectivity index (χ1v) is 1.63. The Labute approximate surface area is 61.3 Å². The zero-order valence-corrected chi connectivity index (χ0v) is 7.44. The third-order valence-corrected chi connectivity index (χ3v) is 0.328. The molecule has 0 fully saturated rings. The molecule has 0 bridgehead atoms. The Hall–Kier alpha value is 0.0301. The summed E-state index contributed by atoms with van der Waals surface area (Å²) in [5.74, 6) is -0.0718. The summed E-state index contributed by atoms with van der Waals surface area (Å²) in [5, 5.41) is 7.77. The minimum Gasteiger partial charge on any atom is -0.299 e. The van der Waals surface area contributed by atoms with Crippen molar-refractivity contribution < 1.29 is 4.79 Å². The SMILES string of the molecule is CC(=O)CC#N.[In]. The Balaban J connectivity index is 0. The average Bonchev–Trinajstić information content (AvgIpc) is 1.35. The molecular weight excluding hydrogens is 193 g/mol. The van der Waals surface area contributed by atoms with Gasteiger partial charge in [-0.05, 0) is 6.92 Å². The molecule has 35 valence electrons. The number of nitriles is 1. The molecule has 0 N–H and O–H groups in total. The number of ketones is 1. The molecule has 0 spiro atoms. The molecule has 0 aliphatic carbocycles. The first-order chi connectivity index (χ1) is 2.77. The van der Waals surface area contributed by atoms with Crippen molar-refractivity contribution in [2.45, 2.75) is 13.3 Å². The Kier molecular flexibility index (Phi) is 8.70. The van der Waals surface area contributed by atoms with Crippen LogP contribution in [0.25, 0.3) is 0 Å². The molecule has 0 amide bonds. The van der Waals surface area contributed by atoms with Crippen molar-refractivity contribution in [3.05, 3.63) is 0 Å². The standard InChI is InChI=1S/C4H5NO.In/c1-4(6)2-3-5;/h2H2,1H3;. The van der Waals surface area contributed by atoms with Gasteiger partial charge in [0, 0.05) is 25.8 Å². The summed E-state index contributed by atoms with van der Waals surface area (Å²) in [6.07, 6.45) is 0.0417. The van der Waals surface area contributed by atoms with E-state index in [4.69, 9.17) is 5.26 Å². The molecule has 0 aromatic carbocycles. The van der Waals surface area contributed by atoms with Gasteiger partial charge in [0.2, 0.25) is 0 Å². The number of hydrogen-bond acceptors (Lipinski definition) is 2. The molecule has 2 nitrogen and oxygen atoms in total. The summed E-state index contributed by atoms with van der Waals surface area (Å²) in [5.41, 5.74) is 0. The van der Waals surface area contributed by atoms with E-state index in [2.05, 4.69) is 0 Å². The maximum atomic E-state index is 9.82. The van der Waals surface area contributed by atoms with Crippen LogP contribution in [0.1, 0.15) is 13.3 Å². The van der Waals surface area contributed by atoms with Gasteiger partial charge in [-0.25, -0.2) is 0 Å². The van der Waals surface area contributed by atoms with E-state index in [0.29, 0.717) is 0 Å². The smallest absolute Gasteiger partial charge is 0.143 e. The maximum Gasteiger partial charge on any atom is 0.143 e. The van der Waals surface area contributed by atoms with Crippen molar-refractivity contribution >= 4 is 31.6 Å². The van der Waals surface area contributed by atoms with Gasteiger partial charge in [-0.3, -0.25) is 4.79 Å². The summed E-state index contributed by atoms with van der Waals surface area (Å²) >= 11 is 0. The molecule has 0 aliphatic rings. The van der Waals surface area contributed by atoms with Crippen molar-refractivity contribution in [1.29, 1.82) is 5.26 Å². The van der Waals surface area contributed by atoms with Gasteiger partial charge < -0.3 is 0 Å². The van der Waals surface area contributed by atoms with Gasteiger partial charge in [-0.2, -0.15) is 5.26 Å². The number of carbonyl (C=O) groups excluding carboxylic acids is 1. The fourth-order valence-electron chi connectivity index (χ4n) is 0.111. The van der Waals surface area contributed by atoms with Crippen molar-refractivity contribution in [2.75, 3.05) is 0 Å². The molecule has 0 heterocycles. The van der Waals surface area contributed by atoms with Crippen molar-refractivity contribution in [2.24, 2.45) is 0 Å². The second-order valence-corrected chi connectivity index (χ2v) is 1.04. The van der Waals surface area contributed by atoms with E-state index in [1.54, 1.807) is 6.07 Å². The number of carbonyl (C=O) groups is 1. The maximum absolute atomic E-state index is 9.82. The number of rotatable bonds is 1. The number of nitrogens with zero attached hydrogens (tertiary/aromatic N) is 1. The van der Waals surface area contributed by atoms with E-state index >= 15 is 0 Å². The molecule has 0 aliphatic heterocycles. The first-order valence-electron chi connectivity index (χ1n) is 1.63. The topological polar surface area (TPSA) is 40.9 Å². The minimum absolute atomic E-state index is 0. The van der Waals surface area contributed by atoms with E-state index in [1.807, 2.05) is 0 Å². The number of hydrogen-bond donors (Lipinski definition) is 0. The molecule has 0 rings (SSSR count). The molecule has 0 unspecified atom stereocenters. The van der Waals surface area contributed by atoms with Gasteiger partial charge in [0.25, 0.3) is 0 Å². The second kappa shape index (κ2) is 6.03. The van der Waals surface area contributed by atoms with Crippen molar-refractivity contribution in [1.82, 2.24) is 0 Å². The summed E-state index contributed by atoms with van der Waals surface area (Å²) in [6.45, 7) is 1.39. The molecule has 0 saturated carbocycles. The molecule has 7 heavy (non-hydrogen) atoms. The van der Waals surface area contributed by atoms with Gasteiger partial charge >= 0.3 is 0 Å². The quantitative estimate of drug-likeness (QED) is 0.599. The third-order valence-electron chi connectivity index (χ3n) is 0.328. The zero-order chi connectivity index (χ0) is 4.99. The van der Waals surface area contributed by atoms with Crippen LogP contribution in [0, 0.1) is 11.3 Å². The van der Waals surface area contributed by atoms with Crippen LogP contribution in [0.4, 0.5) is 0 Å². The summed E-state index contributed by atoms with van der Waals surface area (Å²) in [4.78, 5) is 9.82. The van der Waals surface area contributed by atoms with Crippen LogP contribution < -0.4 is 0 Å². The van der Waals surface area contributed by atoms with Gasteiger partial charge in [0.05, 0.1) is 12.5 Å². The second-order valence-electron chi connectivity index (χ2n) is 1.04. The Bertz CT molecular complexity index is 94.4. The van der Waals surface area contributed by atoms with Crippen LogP contribution in [0.15, 0.2) is 0 Å². The number of Topliss-reactive ketones (excluding diaryl/α,β-unsaturated/α-hetero) is 1. The molecular formula is C4H5InNO. The van der Waals surface area contributed by atoms with E-state index in [0.717, 1.165) is 0 Å². The Morgan fingerprint density at radius 2 is 2.29 bits per heavy atom.